The van der Waals surface area contributed by atoms with Crippen LogP contribution in [0.15, 0.2) is 24.3 Å². The lowest BCUT2D eigenvalue weighted by atomic mass is 9.99. The van der Waals surface area contributed by atoms with E-state index in [2.05, 4.69) is 0 Å². The van der Waals surface area contributed by atoms with Crippen LogP contribution < -0.4 is 4.31 Å². The molecule has 96 valence electrons. The van der Waals surface area contributed by atoms with E-state index >= 15 is 0 Å². The minimum Gasteiger partial charge on any atom is -0.266 e. The fourth-order valence-electron chi connectivity index (χ4n) is 2.28. The molecule has 0 spiro atoms. The monoisotopic (exact) mass is 264 g/mol. The highest BCUT2D eigenvalue weighted by Crippen LogP contribution is 2.33. The van der Waals surface area contributed by atoms with Crippen LogP contribution in [-0.4, -0.2) is 19.7 Å². The zero-order valence-corrected chi connectivity index (χ0v) is 11.3. The molecule has 2 atom stereocenters. The molecule has 0 amide bonds. The van der Waals surface area contributed by atoms with Gasteiger partial charge in [0.25, 0.3) is 10.0 Å². The lowest BCUT2D eigenvalue weighted by molar-refractivity contribution is 0.559. The van der Waals surface area contributed by atoms with Crippen LogP contribution in [0.3, 0.4) is 0 Å². The van der Waals surface area contributed by atoms with Crippen molar-refractivity contribution >= 4 is 15.7 Å². The predicted octanol–water partition coefficient (Wildman–Crippen LogP) is 2.07. The second-order valence-corrected chi connectivity index (χ2v) is 6.76. The summed E-state index contributed by atoms with van der Waals surface area (Å²) >= 11 is 0. The van der Waals surface area contributed by atoms with E-state index in [-0.39, 0.29) is 6.04 Å². The van der Waals surface area contributed by atoms with Gasteiger partial charge in [-0.15, -0.1) is 0 Å². The molecule has 0 aromatic heterocycles. The Labute approximate surface area is 108 Å². The van der Waals surface area contributed by atoms with Gasteiger partial charge < -0.3 is 0 Å². The van der Waals surface area contributed by atoms with Crippen molar-refractivity contribution in [3.8, 4) is 6.07 Å². The molecule has 0 radical (unpaired) electrons. The summed E-state index contributed by atoms with van der Waals surface area (Å²) in [5.41, 5.74) is 1.75. The van der Waals surface area contributed by atoms with Crippen LogP contribution in [0.4, 0.5) is 5.69 Å². The average Bonchev–Trinajstić information content (AvgIpc) is 2.37. The predicted molar refractivity (Wildman–Crippen MR) is 70.7 cm³/mol. The third kappa shape index (κ3) is 1.97. The van der Waals surface area contributed by atoms with Crippen molar-refractivity contribution in [3.05, 3.63) is 29.8 Å². The normalized spacial score (nSPS) is 20.9. The van der Waals surface area contributed by atoms with Gasteiger partial charge in [0.05, 0.1) is 11.8 Å². The van der Waals surface area contributed by atoms with Crippen LogP contribution in [0.5, 0.6) is 0 Å². The molecule has 4 nitrogen and oxygen atoms in total. The van der Waals surface area contributed by atoms with E-state index in [4.69, 9.17) is 5.26 Å². The van der Waals surface area contributed by atoms with E-state index in [1.807, 2.05) is 37.3 Å². The van der Waals surface area contributed by atoms with Crippen LogP contribution in [0, 0.1) is 11.3 Å². The molecule has 18 heavy (non-hydrogen) atoms. The van der Waals surface area contributed by atoms with Crippen molar-refractivity contribution in [1.82, 2.24) is 0 Å². The third-order valence-corrected chi connectivity index (χ3v) is 5.47. The van der Waals surface area contributed by atoms with Crippen molar-refractivity contribution in [2.24, 2.45) is 0 Å². The number of hydrogen-bond acceptors (Lipinski definition) is 3. The lowest BCUT2D eigenvalue weighted by Crippen LogP contribution is -2.45. The molecular formula is C13H16N2O2S. The molecule has 0 aliphatic carbocycles. The van der Waals surface area contributed by atoms with Crippen molar-refractivity contribution in [1.29, 1.82) is 5.26 Å². The SMILES string of the molecule is CC1CCc2ccccc2N1S(=O)(=O)C(C)C#N. The molecular weight excluding hydrogens is 248 g/mol. The smallest absolute Gasteiger partial charge is 0.251 e. The van der Waals surface area contributed by atoms with Gasteiger partial charge in [0.2, 0.25) is 0 Å². The van der Waals surface area contributed by atoms with E-state index in [1.54, 1.807) is 0 Å². The number of aryl methyl sites for hydroxylation is 1. The summed E-state index contributed by atoms with van der Waals surface area (Å²) in [7, 11) is -3.60. The van der Waals surface area contributed by atoms with E-state index in [9.17, 15) is 8.42 Å². The first-order chi connectivity index (χ1) is 8.48. The molecule has 0 N–H and O–H groups in total. The first-order valence-electron chi connectivity index (χ1n) is 5.99. The minimum absolute atomic E-state index is 0.0966. The van der Waals surface area contributed by atoms with E-state index in [0.717, 1.165) is 24.1 Å². The van der Waals surface area contributed by atoms with Gasteiger partial charge in [0.15, 0.2) is 5.25 Å². The number of nitriles is 1. The Morgan fingerprint density at radius 1 is 1.44 bits per heavy atom. The Kier molecular flexibility index (Phi) is 3.31. The van der Waals surface area contributed by atoms with Gasteiger partial charge in [-0.2, -0.15) is 5.26 Å². The highest BCUT2D eigenvalue weighted by molar-refractivity contribution is 7.93. The summed E-state index contributed by atoms with van der Waals surface area (Å²) in [5, 5.41) is 7.86. The highest BCUT2D eigenvalue weighted by Gasteiger charge is 2.35. The molecule has 5 heteroatoms. The second-order valence-electron chi connectivity index (χ2n) is 4.63. The number of rotatable bonds is 2. The van der Waals surface area contributed by atoms with Crippen molar-refractivity contribution in [3.63, 3.8) is 0 Å². The molecule has 2 unspecified atom stereocenters. The van der Waals surface area contributed by atoms with Crippen LogP contribution in [0.25, 0.3) is 0 Å². The number of hydrogen-bond donors (Lipinski definition) is 0. The van der Waals surface area contributed by atoms with Crippen LogP contribution in [0.1, 0.15) is 25.8 Å². The maximum Gasteiger partial charge on any atom is 0.251 e. The number of benzene rings is 1. The zero-order chi connectivity index (χ0) is 13.3. The molecule has 2 rings (SSSR count). The summed E-state index contributed by atoms with van der Waals surface area (Å²) in [4.78, 5) is 0. The quantitative estimate of drug-likeness (QED) is 0.821. The lowest BCUT2D eigenvalue weighted by Gasteiger charge is -2.36. The Morgan fingerprint density at radius 2 is 2.11 bits per heavy atom. The van der Waals surface area contributed by atoms with E-state index in [0.29, 0.717) is 0 Å². The largest absolute Gasteiger partial charge is 0.266 e. The average molecular weight is 264 g/mol. The third-order valence-electron chi connectivity index (χ3n) is 3.36. The molecule has 0 saturated heterocycles. The van der Waals surface area contributed by atoms with Gasteiger partial charge in [-0.05, 0) is 38.3 Å². The molecule has 1 aromatic rings. The van der Waals surface area contributed by atoms with Crippen molar-refractivity contribution < 1.29 is 8.42 Å². The fourth-order valence-corrected chi connectivity index (χ4v) is 3.81. The first kappa shape index (κ1) is 12.9. The summed E-state index contributed by atoms with van der Waals surface area (Å²) in [6.07, 6.45) is 1.67. The maximum absolute atomic E-state index is 12.4. The van der Waals surface area contributed by atoms with Gasteiger partial charge in [-0.25, -0.2) is 8.42 Å². The summed E-state index contributed by atoms with van der Waals surface area (Å²) in [5.74, 6) is 0. The number of anilines is 1. The second kappa shape index (κ2) is 4.62. The Bertz CT molecular complexity index is 589. The summed E-state index contributed by atoms with van der Waals surface area (Å²) in [6.45, 7) is 3.32. The van der Waals surface area contributed by atoms with E-state index < -0.39 is 15.3 Å². The molecule has 1 aliphatic heterocycles. The minimum atomic E-state index is -3.60. The highest BCUT2D eigenvalue weighted by atomic mass is 32.2. The van der Waals surface area contributed by atoms with Gasteiger partial charge in [0.1, 0.15) is 0 Å². The Balaban J connectivity index is 2.55. The van der Waals surface area contributed by atoms with Gasteiger partial charge in [0, 0.05) is 6.04 Å². The van der Waals surface area contributed by atoms with Crippen molar-refractivity contribution in [2.45, 2.75) is 38.0 Å². The van der Waals surface area contributed by atoms with Crippen LogP contribution >= 0.6 is 0 Å². The maximum atomic E-state index is 12.4. The standard InChI is InChI=1S/C13H16N2O2S/c1-10-7-8-12-5-3-4-6-13(12)15(10)18(16,17)11(2)9-14/h3-6,10-11H,7-8H2,1-2H3. The molecule has 1 aliphatic rings. The topological polar surface area (TPSA) is 61.2 Å². The molecule has 1 aromatic carbocycles. The Morgan fingerprint density at radius 3 is 2.78 bits per heavy atom. The van der Waals surface area contributed by atoms with Crippen LogP contribution in [-0.2, 0) is 16.4 Å². The molecule has 0 fully saturated rings. The van der Waals surface area contributed by atoms with E-state index in [1.165, 1.54) is 11.2 Å². The van der Waals surface area contributed by atoms with Gasteiger partial charge in [-0.1, -0.05) is 18.2 Å². The fraction of sp³-hybridized carbons (Fsp3) is 0.462. The van der Waals surface area contributed by atoms with Gasteiger partial charge in [-0.3, -0.25) is 4.31 Å². The zero-order valence-electron chi connectivity index (χ0n) is 10.5. The summed E-state index contributed by atoms with van der Waals surface area (Å²) < 4.78 is 26.2. The van der Waals surface area contributed by atoms with Gasteiger partial charge >= 0.3 is 0 Å². The summed E-state index contributed by atoms with van der Waals surface area (Å²) in [6, 6.07) is 9.22. The van der Waals surface area contributed by atoms with Crippen LogP contribution in [0.2, 0.25) is 0 Å². The number of nitrogens with zero attached hydrogens (tertiary/aromatic N) is 2. The number of fused-ring (bicyclic) bond motifs is 1. The number of para-hydroxylation sites is 1. The molecule has 0 saturated carbocycles. The van der Waals surface area contributed by atoms with Crippen molar-refractivity contribution in [2.75, 3.05) is 4.31 Å². The molecule has 0 bridgehead atoms. The first-order valence-corrected chi connectivity index (χ1v) is 7.49. The Hall–Kier alpha value is -1.54. The number of sulfonamides is 1. The molecule has 1 heterocycles.